The lowest BCUT2D eigenvalue weighted by Gasteiger charge is -2.28. The summed E-state index contributed by atoms with van der Waals surface area (Å²) in [7, 11) is -3.72. The third-order valence-electron chi connectivity index (χ3n) is 5.37. The first-order valence-electron chi connectivity index (χ1n) is 11.0. The van der Waals surface area contributed by atoms with Gasteiger partial charge in [-0.05, 0) is 74.4 Å². The number of nitrogens with zero attached hydrogens (tertiary/aromatic N) is 1. The van der Waals surface area contributed by atoms with E-state index >= 15 is 0 Å². The number of nitrogens with one attached hydrogen (secondary N) is 1. The lowest BCUT2D eigenvalue weighted by molar-refractivity contribution is -0.121. The van der Waals surface area contributed by atoms with E-state index in [9.17, 15) is 13.2 Å². The van der Waals surface area contributed by atoms with Gasteiger partial charge in [0.15, 0.2) is 0 Å². The zero-order chi connectivity index (χ0) is 24.7. The predicted octanol–water partition coefficient (Wildman–Crippen LogP) is 4.45. The molecule has 0 aliphatic carbocycles. The maximum Gasteiger partial charge on any atom is 0.243 e. The lowest BCUT2D eigenvalue weighted by atomic mass is 10.1. The van der Waals surface area contributed by atoms with Crippen LogP contribution in [-0.2, 0) is 14.8 Å². The number of anilines is 1. The summed E-state index contributed by atoms with van der Waals surface area (Å²) in [6.07, 6.45) is 1.08. The monoisotopic (exact) mass is 482 g/mol. The number of amides is 1. The van der Waals surface area contributed by atoms with E-state index in [-0.39, 0.29) is 13.2 Å². The molecular weight excluding hydrogens is 452 g/mol. The van der Waals surface area contributed by atoms with Crippen molar-refractivity contribution in [1.82, 2.24) is 5.32 Å². The highest BCUT2D eigenvalue weighted by Crippen LogP contribution is 2.27. The largest absolute Gasteiger partial charge is 0.491 e. The van der Waals surface area contributed by atoms with E-state index in [1.54, 1.807) is 31.2 Å². The molecule has 1 N–H and O–H groups in total. The molecule has 7 nitrogen and oxygen atoms in total. The van der Waals surface area contributed by atoms with Crippen molar-refractivity contribution in [2.45, 2.75) is 26.8 Å². The number of carbonyl (C=O) groups excluding carboxylic acids is 1. The number of rotatable bonds is 10. The molecule has 0 heterocycles. The fourth-order valence-corrected chi connectivity index (χ4v) is 4.63. The standard InChI is InChI=1S/C26H30N2O5S/c1-19-9-8-12-25(20(19)2)32-18-17-27-26(29)21(3)28(34(4,30)31)22-13-15-24(16-14-22)33-23-10-6-5-7-11-23/h5-16,21H,17-18H2,1-4H3,(H,27,29). The van der Waals surface area contributed by atoms with E-state index in [0.717, 1.165) is 27.4 Å². The number of carbonyl (C=O) groups is 1. The number of para-hydroxylation sites is 1. The summed E-state index contributed by atoms with van der Waals surface area (Å²) in [6, 6.07) is 20.7. The summed E-state index contributed by atoms with van der Waals surface area (Å²) in [6.45, 7) is 6.05. The first-order chi connectivity index (χ1) is 16.2. The summed E-state index contributed by atoms with van der Waals surface area (Å²) in [5.41, 5.74) is 2.54. The number of hydrogen-bond acceptors (Lipinski definition) is 5. The fraction of sp³-hybridized carbons (Fsp3) is 0.269. The number of benzene rings is 3. The average Bonchev–Trinajstić information content (AvgIpc) is 2.80. The number of ether oxygens (including phenoxy) is 2. The van der Waals surface area contributed by atoms with Gasteiger partial charge in [-0.2, -0.15) is 0 Å². The Hall–Kier alpha value is -3.52. The predicted molar refractivity (Wildman–Crippen MR) is 134 cm³/mol. The maximum atomic E-state index is 12.7. The summed E-state index contributed by atoms with van der Waals surface area (Å²) in [5.74, 6) is 1.58. The molecule has 34 heavy (non-hydrogen) atoms. The molecule has 180 valence electrons. The molecule has 0 saturated carbocycles. The third-order valence-corrected chi connectivity index (χ3v) is 6.61. The molecule has 0 spiro atoms. The van der Waals surface area contributed by atoms with Crippen LogP contribution in [0.3, 0.4) is 0 Å². The second-order valence-corrected chi connectivity index (χ2v) is 9.84. The summed E-state index contributed by atoms with van der Waals surface area (Å²) >= 11 is 0. The quantitative estimate of drug-likeness (QED) is 0.432. The molecule has 0 aliphatic heterocycles. The first kappa shape index (κ1) is 25.1. The van der Waals surface area contributed by atoms with Gasteiger partial charge in [-0.15, -0.1) is 0 Å². The molecule has 0 radical (unpaired) electrons. The Kier molecular flexibility index (Phi) is 8.17. The highest BCUT2D eigenvalue weighted by Gasteiger charge is 2.29. The van der Waals surface area contributed by atoms with Crippen LogP contribution in [0.15, 0.2) is 72.8 Å². The van der Waals surface area contributed by atoms with Crippen molar-refractivity contribution < 1.29 is 22.7 Å². The molecule has 8 heteroatoms. The highest BCUT2D eigenvalue weighted by atomic mass is 32.2. The van der Waals surface area contributed by atoms with Crippen molar-refractivity contribution in [3.63, 3.8) is 0 Å². The molecule has 1 unspecified atom stereocenters. The van der Waals surface area contributed by atoms with E-state index in [1.165, 1.54) is 0 Å². The Bertz CT molecular complexity index is 1210. The van der Waals surface area contributed by atoms with E-state index in [2.05, 4.69) is 5.32 Å². The van der Waals surface area contributed by atoms with Crippen LogP contribution in [0.4, 0.5) is 5.69 Å². The second kappa shape index (κ2) is 11.1. The zero-order valence-electron chi connectivity index (χ0n) is 19.8. The van der Waals surface area contributed by atoms with Gasteiger partial charge in [-0.1, -0.05) is 30.3 Å². The lowest BCUT2D eigenvalue weighted by Crippen LogP contribution is -2.48. The molecule has 0 saturated heterocycles. The van der Waals surface area contributed by atoms with Crippen LogP contribution in [0.1, 0.15) is 18.1 Å². The molecule has 0 aromatic heterocycles. The van der Waals surface area contributed by atoms with Gasteiger partial charge in [0.2, 0.25) is 15.9 Å². The van der Waals surface area contributed by atoms with Crippen LogP contribution >= 0.6 is 0 Å². The van der Waals surface area contributed by atoms with Crippen molar-refractivity contribution in [3.05, 3.63) is 83.9 Å². The Morgan fingerprint density at radius 2 is 1.59 bits per heavy atom. The maximum absolute atomic E-state index is 12.7. The molecular formula is C26H30N2O5S. The molecule has 0 bridgehead atoms. The fourth-order valence-electron chi connectivity index (χ4n) is 3.46. The van der Waals surface area contributed by atoms with E-state index in [0.29, 0.717) is 17.2 Å². The summed E-state index contributed by atoms with van der Waals surface area (Å²) < 4.78 is 37.7. The Balaban J connectivity index is 1.62. The van der Waals surface area contributed by atoms with E-state index < -0.39 is 22.0 Å². The Morgan fingerprint density at radius 1 is 0.941 bits per heavy atom. The molecule has 3 aromatic rings. The van der Waals surface area contributed by atoms with Crippen molar-refractivity contribution in [2.75, 3.05) is 23.7 Å². The molecule has 0 fully saturated rings. The van der Waals surface area contributed by atoms with Crippen LogP contribution in [0.25, 0.3) is 0 Å². The molecule has 3 rings (SSSR count). The van der Waals surface area contributed by atoms with Gasteiger partial charge in [-0.25, -0.2) is 8.42 Å². The van der Waals surface area contributed by atoms with Crippen molar-refractivity contribution in [3.8, 4) is 17.2 Å². The normalized spacial score (nSPS) is 12.0. The number of hydrogen-bond donors (Lipinski definition) is 1. The van der Waals surface area contributed by atoms with Gasteiger partial charge in [-0.3, -0.25) is 9.10 Å². The third kappa shape index (κ3) is 6.51. The summed E-state index contributed by atoms with van der Waals surface area (Å²) in [4.78, 5) is 12.7. The van der Waals surface area contributed by atoms with Crippen molar-refractivity contribution >= 4 is 21.6 Å². The Labute approximate surface area is 201 Å². The first-order valence-corrected chi connectivity index (χ1v) is 12.8. The smallest absolute Gasteiger partial charge is 0.243 e. The van der Waals surface area contributed by atoms with Crippen LogP contribution in [0, 0.1) is 13.8 Å². The van der Waals surface area contributed by atoms with Crippen LogP contribution < -0.4 is 19.1 Å². The van der Waals surface area contributed by atoms with E-state index in [4.69, 9.17) is 9.47 Å². The van der Waals surface area contributed by atoms with Gasteiger partial charge in [0.25, 0.3) is 0 Å². The average molecular weight is 483 g/mol. The SMILES string of the molecule is Cc1cccc(OCCNC(=O)C(C)N(c2ccc(Oc3ccccc3)cc2)S(C)(=O)=O)c1C. The molecule has 0 aliphatic rings. The van der Waals surface area contributed by atoms with Gasteiger partial charge in [0.05, 0.1) is 18.5 Å². The minimum atomic E-state index is -3.72. The van der Waals surface area contributed by atoms with Crippen LogP contribution in [0.5, 0.6) is 17.2 Å². The van der Waals surface area contributed by atoms with Crippen molar-refractivity contribution in [1.29, 1.82) is 0 Å². The molecule has 1 amide bonds. The zero-order valence-corrected chi connectivity index (χ0v) is 20.6. The van der Waals surface area contributed by atoms with Gasteiger partial charge >= 0.3 is 0 Å². The van der Waals surface area contributed by atoms with Crippen LogP contribution in [0.2, 0.25) is 0 Å². The van der Waals surface area contributed by atoms with E-state index in [1.807, 2.05) is 62.4 Å². The minimum Gasteiger partial charge on any atom is -0.491 e. The molecule has 3 aromatic carbocycles. The summed E-state index contributed by atoms with van der Waals surface area (Å²) in [5, 5.41) is 2.76. The number of aryl methyl sites for hydroxylation is 1. The molecule has 1 atom stereocenters. The number of sulfonamides is 1. The van der Waals surface area contributed by atoms with Gasteiger partial charge in [0, 0.05) is 0 Å². The van der Waals surface area contributed by atoms with Gasteiger partial charge < -0.3 is 14.8 Å². The second-order valence-electron chi connectivity index (χ2n) is 7.98. The van der Waals surface area contributed by atoms with Gasteiger partial charge in [0.1, 0.15) is 29.9 Å². The minimum absolute atomic E-state index is 0.248. The highest BCUT2D eigenvalue weighted by molar-refractivity contribution is 7.92. The van der Waals surface area contributed by atoms with Crippen molar-refractivity contribution in [2.24, 2.45) is 0 Å². The Morgan fingerprint density at radius 3 is 2.24 bits per heavy atom. The van der Waals surface area contributed by atoms with Crippen LogP contribution in [-0.4, -0.2) is 39.8 Å². The topological polar surface area (TPSA) is 84.9 Å².